The van der Waals surface area contributed by atoms with Gasteiger partial charge in [-0.1, -0.05) is 85.7 Å². The minimum absolute atomic E-state index is 0.0587. The highest BCUT2D eigenvalue weighted by atomic mass is 19.1. The van der Waals surface area contributed by atoms with E-state index in [1.165, 1.54) is 6.07 Å². The van der Waals surface area contributed by atoms with Crippen LogP contribution in [0.1, 0.15) is 80.2 Å². The summed E-state index contributed by atoms with van der Waals surface area (Å²) in [6.07, 6.45) is 0.852. The third kappa shape index (κ3) is 14.8. The molecule has 2 aromatic carbocycles. The van der Waals surface area contributed by atoms with E-state index < -0.39 is 59.6 Å². The van der Waals surface area contributed by atoms with Gasteiger partial charge in [-0.15, -0.1) is 0 Å². The molecule has 0 saturated heterocycles. The first-order valence-electron chi connectivity index (χ1n) is 17.5. The van der Waals surface area contributed by atoms with E-state index in [4.69, 9.17) is 10.5 Å². The fourth-order valence-electron chi connectivity index (χ4n) is 5.36. The van der Waals surface area contributed by atoms with E-state index in [-0.39, 0.29) is 54.8 Å². The van der Waals surface area contributed by atoms with Gasteiger partial charge in [0.2, 0.25) is 23.6 Å². The molecule has 4 amide bonds. The summed E-state index contributed by atoms with van der Waals surface area (Å²) >= 11 is 0. The lowest BCUT2D eigenvalue weighted by atomic mass is 9.95. The average Bonchev–Trinajstić information content (AvgIpc) is 3.01. The molecule has 0 heterocycles. The summed E-state index contributed by atoms with van der Waals surface area (Å²) in [4.78, 5) is 53.1. The number of nitrogens with two attached hydrogens (primary N) is 1. The van der Waals surface area contributed by atoms with Crippen molar-refractivity contribution >= 4 is 23.6 Å². The topological polar surface area (TPSA) is 152 Å². The van der Waals surface area contributed by atoms with Gasteiger partial charge in [0.15, 0.2) is 11.6 Å². The highest BCUT2D eigenvalue weighted by Gasteiger charge is 2.32. The number of hydrogen-bond acceptors (Lipinski definition) is 6. The SMILES string of the molecule is CC(C)CC(=O)N[C@@H](CC(C)C)C(=O)NC(C(=O)N[C@@H](Cc1ccccc1)[C@@H](N)CC(=O)NC(COc1ccc(F)cc1F)C(C)C)C(C)C. The van der Waals surface area contributed by atoms with Gasteiger partial charge in [-0.2, -0.15) is 0 Å². The zero-order chi connectivity index (χ0) is 37.5. The molecule has 10 nitrogen and oxygen atoms in total. The Hall–Kier alpha value is -4.06. The van der Waals surface area contributed by atoms with Crippen LogP contribution in [0.4, 0.5) is 8.78 Å². The third-order valence-corrected chi connectivity index (χ3v) is 8.23. The van der Waals surface area contributed by atoms with Crippen molar-refractivity contribution in [1.82, 2.24) is 21.3 Å². The van der Waals surface area contributed by atoms with Crippen LogP contribution in [0.3, 0.4) is 0 Å². The molecular formula is C38H57F2N5O5. The predicted octanol–water partition coefficient (Wildman–Crippen LogP) is 4.65. The largest absolute Gasteiger partial charge is 0.488 e. The van der Waals surface area contributed by atoms with Gasteiger partial charge in [0.1, 0.15) is 24.5 Å². The Morgan fingerprint density at radius 1 is 0.720 bits per heavy atom. The summed E-state index contributed by atoms with van der Waals surface area (Å²) in [7, 11) is 0. The van der Waals surface area contributed by atoms with Crippen molar-refractivity contribution in [1.29, 1.82) is 0 Å². The number of rotatable bonds is 20. The van der Waals surface area contributed by atoms with Crippen LogP contribution in [0.15, 0.2) is 48.5 Å². The Morgan fingerprint density at radius 3 is 1.92 bits per heavy atom. The highest BCUT2D eigenvalue weighted by molar-refractivity contribution is 5.92. The maximum Gasteiger partial charge on any atom is 0.243 e. The number of benzene rings is 2. The molecule has 0 bridgehead atoms. The van der Waals surface area contributed by atoms with Crippen LogP contribution in [0.25, 0.3) is 0 Å². The van der Waals surface area contributed by atoms with Crippen molar-refractivity contribution in [2.75, 3.05) is 6.61 Å². The van der Waals surface area contributed by atoms with Crippen LogP contribution in [-0.2, 0) is 25.6 Å². The number of halogens is 2. The van der Waals surface area contributed by atoms with Crippen molar-refractivity contribution < 1.29 is 32.7 Å². The molecule has 2 unspecified atom stereocenters. The number of amides is 4. The van der Waals surface area contributed by atoms with Gasteiger partial charge in [0.05, 0.1) is 6.04 Å². The molecule has 50 heavy (non-hydrogen) atoms. The average molecular weight is 702 g/mol. The Labute approximate surface area is 296 Å². The summed E-state index contributed by atoms with van der Waals surface area (Å²) in [5.74, 6) is -3.40. The number of carbonyl (C=O) groups is 4. The van der Waals surface area contributed by atoms with E-state index in [0.29, 0.717) is 12.8 Å². The second-order valence-electron chi connectivity index (χ2n) is 14.6. The van der Waals surface area contributed by atoms with Crippen molar-refractivity contribution in [3.05, 3.63) is 65.7 Å². The molecule has 2 aromatic rings. The van der Waals surface area contributed by atoms with E-state index in [1.54, 1.807) is 0 Å². The van der Waals surface area contributed by atoms with E-state index in [0.717, 1.165) is 17.7 Å². The first-order valence-corrected chi connectivity index (χ1v) is 17.5. The molecular weight excluding hydrogens is 644 g/mol. The summed E-state index contributed by atoms with van der Waals surface area (Å²) < 4.78 is 33.0. The fraction of sp³-hybridized carbons (Fsp3) is 0.579. The standard InChI is InChI=1S/C38H57F2N5O5/c1-22(2)16-31(42-34(46)17-23(3)4)37(48)45-36(25(7)8)38(49)44-30(18-26-12-10-9-11-13-26)29(41)20-35(47)43-32(24(5)6)21-50-33-15-14-27(39)19-28(33)40/h9-15,19,22-25,29-32,36H,16-18,20-21,41H2,1-8H3,(H,42,46)(H,43,47)(H,44,49)(H,45,48)/t29-,30-,31-,32?,36?/m0/s1. The van der Waals surface area contributed by atoms with Crippen molar-refractivity contribution in [2.24, 2.45) is 29.4 Å². The van der Waals surface area contributed by atoms with Crippen molar-refractivity contribution in [3.8, 4) is 5.75 Å². The highest BCUT2D eigenvalue weighted by Crippen LogP contribution is 2.19. The van der Waals surface area contributed by atoms with Crippen LogP contribution >= 0.6 is 0 Å². The van der Waals surface area contributed by atoms with E-state index in [1.807, 2.05) is 85.7 Å². The van der Waals surface area contributed by atoms with E-state index in [2.05, 4.69) is 21.3 Å². The molecule has 0 aliphatic heterocycles. The van der Waals surface area contributed by atoms with Crippen molar-refractivity contribution in [3.63, 3.8) is 0 Å². The van der Waals surface area contributed by atoms with E-state index >= 15 is 0 Å². The monoisotopic (exact) mass is 701 g/mol. The predicted molar refractivity (Wildman–Crippen MR) is 191 cm³/mol. The maximum atomic E-state index is 14.1. The summed E-state index contributed by atoms with van der Waals surface area (Å²) in [5.41, 5.74) is 7.50. The van der Waals surface area contributed by atoms with Gasteiger partial charge in [0, 0.05) is 31.0 Å². The Kier molecular flexibility index (Phi) is 17.3. The molecule has 0 aliphatic carbocycles. The van der Waals surface area contributed by atoms with Crippen molar-refractivity contribution in [2.45, 2.75) is 111 Å². The Morgan fingerprint density at radius 2 is 1.36 bits per heavy atom. The molecule has 0 aromatic heterocycles. The van der Waals surface area contributed by atoms with Gasteiger partial charge in [0.25, 0.3) is 0 Å². The minimum atomic E-state index is -0.937. The van der Waals surface area contributed by atoms with Crippen LogP contribution in [-0.4, -0.2) is 60.4 Å². The molecule has 0 spiro atoms. The second-order valence-corrected chi connectivity index (χ2v) is 14.6. The van der Waals surface area contributed by atoms with E-state index in [9.17, 15) is 28.0 Å². The Balaban J connectivity index is 2.19. The normalized spacial score (nSPS) is 14.5. The molecule has 2 rings (SSSR count). The van der Waals surface area contributed by atoms with Gasteiger partial charge in [-0.25, -0.2) is 8.78 Å². The van der Waals surface area contributed by atoms with Gasteiger partial charge in [-0.05, 0) is 54.2 Å². The fourth-order valence-corrected chi connectivity index (χ4v) is 5.36. The quantitative estimate of drug-likeness (QED) is 0.136. The number of hydrogen-bond donors (Lipinski definition) is 5. The smallest absolute Gasteiger partial charge is 0.243 e. The van der Waals surface area contributed by atoms with Gasteiger partial charge < -0.3 is 31.7 Å². The molecule has 0 saturated carbocycles. The van der Waals surface area contributed by atoms with Gasteiger partial charge in [-0.3, -0.25) is 19.2 Å². The molecule has 0 fully saturated rings. The lowest BCUT2D eigenvalue weighted by Crippen LogP contribution is -2.59. The molecule has 0 aliphatic rings. The molecule has 0 radical (unpaired) electrons. The summed E-state index contributed by atoms with van der Waals surface area (Å²) in [6, 6.07) is 8.62. The lowest BCUT2D eigenvalue weighted by molar-refractivity contribution is -0.133. The van der Waals surface area contributed by atoms with Crippen LogP contribution in [0.5, 0.6) is 5.75 Å². The molecule has 12 heteroatoms. The first kappa shape index (κ1) is 42.1. The van der Waals surface area contributed by atoms with Crippen LogP contribution in [0, 0.1) is 35.3 Å². The van der Waals surface area contributed by atoms with Crippen LogP contribution < -0.4 is 31.7 Å². The zero-order valence-electron chi connectivity index (χ0n) is 30.7. The zero-order valence-corrected chi connectivity index (χ0v) is 30.7. The number of carbonyl (C=O) groups excluding carboxylic acids is 4. The number of ether oxygens (including phenoxy) is 1. The molecule has 6 N–H and O–H groups in total. The maximum absolute atomic E-state index is 14.1. The molecule has 5 atom stereocenters. The number of nitrogens with one attached hydrogen (secondary N) is 4. The molecule has 278 valence electrons. The van der Waals surface area contributed by atoms with Gasteiger partial charge >= 0.3 is 0 Å². The summed E-state index contributed by atoms with van der Waals surface area (Å²) in [5, 5.41) is 11.6. The second kappa shape index (κ2) is 20.6. The van der Waals surface area contributed by atoms with Crippen LogP contribution in [0.2, 0.25) is 0 Å². The minimum Gasteiger partial charge on any atom is -0.488 e. The third-order valence-electron chi connectivity index (χ3n) is 8.23. The first-order chi connectivity index (χ1) is 23.5. The summed E-state index contributed by atoms with van der Waals surface area (Å²) in [6.45, 7) is 15.1. The lowest BCUT2D eigenvalue weighted by Gasteiger charge is -2.30. The Bertz CT molecular complexity index is 1390.